The SMILES string of the molecule is NCCc1nc2ccccc2n1-c1ccc(F)cn1. The van der Waals surface area contributed by atoms with Crippen LogP contribution in [0.5, 0.6) is 0 Å². The summed E-state index contributed by atoms with van der Waals surface area (Å²) in [6.45, 7) is 0.504. The van der Waals surface area contributed by atoms with Gasteiger partial charge in [0.15, 0.2) is 0 Å². The number of rotatable bonds is 3. The van der Waals surface area contributed by atoms with Crippen LogP contribution in [0, 0.1) is 5.82 Å². The number of benzene rings is 1. The van der Waals surface area contributed by atoms with Gasteiger partial charge in [-0.1, -0.05) is 12.1 Å². The maximum absolute atomic E-state index is 13.0. The first-order valence-corrected chi connectivity index (χ1v) is 6.08. The summed E-state index contributed by atoms with van der Waals surface area (Å²) >= 11 is 0. The summed E-state index contributed by atoms with van der Waals surface area (Å²) in [5.74, 6) is 1.13. The molecule has 0 fully saturated rings. The zero-order valence-corrected chi connectivity index (χ0v) is 10.3. The fourth-order valence-corrected chi connectivity index (χ4v) is 2.13. The summed E-state index contributed by atoms with van der Waals surface area (Å²) in [4.78, 5) is 8.67. The lowest BCUT2D eigenvalue weighted by atomic mass is 10.3. The molecule has 2 aromatic heterocycles. The Morgan fingerprint density at radius 3 is 2.74 bits per heavy atom. The second kappa shape index (κ2) is 4.78. The molecule has 0 amide bonds. The average molecular weight is 256 g/mol. The van der Waals surface area contributed by atoms with Crippen LogP contribution in [-0.4, -0.2) is 21.1 Å². The van der Waals surface area contributed by atoms with E-state index in [4.69, 9.17) is 5.73 Å². The number of para-hydroxylation sites is 2. The molecular formula is C14H13FN4. The van der Waals surface area contributed by atoms with Crippen molar-refractivity contribution >= 4 is 11.0 Å². The van der Waals surface area contributed by atoms with Crippen LogP contribution in [0.1, 0.15) is 5.82 Å². The van der Waals surface area contributed by atoms with Gasteiger partial charge in [-0.3, -0.25) is 4.57 Å². The van der Waals surface area contributed by atoms with E-state index in [1.54, 1.807) is 6.07 Å². The van der Waals surface area contributed by atoms with Crippen LogP contribution in [0.15, 0.2) is 42.6 Å². The first-order chi connectivity index (χ1) is 9.29. The lowest BCUT2D eigenvalue weighted by Crippen LogP contribution is -2.09. The second-order valence-corrected chi connectivity index (χ2v) is 4.23. The van der Waals surface area contributed by atoms with Gasteiger partial charge in [-0.05, 0) is 30.8 Å². The third kappa shape index (κ3) is 2.08. The van der Waals surface area contributed by atoms with Gasteiger partial charge >= 0.3 is 0 Å². The molecule has 0 aliphatic carbocycles. The molecule has 0 atom stereocenters. The highest BCUT2D eigenvalue weighted by Gasteiger charge is 2.12. The molecule has 2 N–H and O–H groups in total. The average Bonchev–Trinajstić information content (AvgIpc) is 2.78. The number of pyridine rings is 1. The maximum atomic E-state index is 13.0. The van der Waals surface area contributed by atoms with Crippen molar-refractivity contribution in [3.8, 4) is 5.82 Å². The van der Waals surface area contributed by atoms with E-state index in [0.717, 1.165) is 16.9 Å². The van der Waals surface area contributed by atoms with E-state index in [1.165, 1.54) is 12.3 Å². The van der Waals surface area contributed by atoms with Crippen molar-refractivity contribution in [3.63, 3.8) is 0 Å². The Morgan fingerprint density at radius 2 is 2.00 bits per heavy atom. The predicted octanol–water partition coefficient (Wildman–Crippen LogP) is 2.06. The van der Waals surface area contributed by atoms with E-state index in [-0.39, 0.29) is 5.82 Å². The quantitative estimate of drug-likeness (QED) is 0.780. The topological polar surface area (TPSA) is 56.7 Å². The van der Waals surface area contributed by atoms with Crippen LogP contribution >= 0.6 is 0 Å². The molecule has 0 aliphatic heterocycles. The highest BCUT2D eigenvalue weighted by atomic mass is 19.1. The Labute approximate surface area is 109 Å². The lowest BCUT2D eigenvalue weighted by molar-refractivity contribution is 0.620. The summed E-state index contributed by atoms with van der Waals surface area (Å²) in [6.07, 6.45) is 1.85. The summed E-state index contributed by atoms with van der Waals surface area (Å²) < 4.78 is 14.9. The van der Waals surface area contributed by atoms with Gasteiger partial charge in [0, 0.05) is 6.42 Å². The molecule has 0 saturated carbocycles. The number of fused-ring (bicyclic) bond motifs is 1. The second-order valence-electron chi connectivity index (χ2n) is 4.23. The van der Waals surface area contributed by atoms with E-state index in [0.29, 0.717) is 18.8 Å². The molecule has 0 aliphatic rings. The molecule has 0 saturated heterocycles. The predicted molar refractivity (Wildman–Crippen MR) is 71.6 cm³/mol. The van der Waals surface area contributed by atoms with Gasteiger partial charge in [-0.15, -0.1) is 0 Å². The van der Waals surface area contributed by atoms with Crippen LogP contribution in [0.25, 0.3) is 16.9 Å². The van der Waals surface area contributed by atoms with Crippen molar-refractivity contribution in [2.75, 3.05) is 6.54 Å². The van der Waals surface area contributed by atoms with E-state index in [1.807, 2.05) is 28.8 Å². The molecule has 1 aromatic carbocycles. The highest BCUT2D eigenvalue weighted by Crippen LogP contribution is 2.20. The zero-order chi connectivity index (χ0) is 13.2. The molecule has 0 radical (unpaired) electrons. The minimum absolute atomic E-state index is 0.353. The Bertz CT molecular complexity index is 703. The van der Waals surface area contributed by atoms with E-state index < -0.39 is 0 Å². The summed E-state index contributed by atoms with van der Waals surface area (Å²) in [6, 6.07) is 10.8. The van der Waals surface area contributed by atoms with Crippen molar-refractivity contribution in [2.45, 2.75) is 6.42 Å². The summed E-state index contributed by atoms with van der Waals surface area (Å²) in [5.41, 5.74) is 7.46. The number of hydrogen-bond acceptors (Lipinski definition) is 3. The van der Waals surface area contributed by atoms with Crippen molar-refractivity contribution in [2.24, 2.45) is 5.73 Å². The highest BCUT2D eigenvalue weighted by molar-refractivity contribution is 5.77. The first kappa shape index (κ1) is 11.8. The number of aromatic nitrogens is 3. The maximum Gasteiger partial charge on any atom is 0.141 e. The molecule has 4 nitrogen and oxygen atoms in total. The fourth-order valence-electron chi connectivity index (χ4n) is 2.13. The van der Waals surface area contributed by atoms with Crippen molar-refractivity contribution in [1.29, 1.82) is 0 Å². The van der Waals surface area contributed by atoms with Crippen LogP contribution in [-0.2, 0) is 6.42 Å². The smallest absolute Gasteiger partial charge is 0.141 e. The molecule has 96 valence electrons. The standard InChI is InChI=1S/C14H13FN4/c15-10-5-6-13(17-9-10)19-12-4-2-1-3-11(12)18-14(19)7-8-16/h1-6,9H,7-8,16H2. The zero-order valence-electron chi connectivity index (χ0n) is 10.3. The molecule has 0 bridgehead atoms. The normalized spacial score (nSPS) is 11.1. The van der Waals surface area contributed by atoms with E-state index in [2.05, 4.69) is 9.97 Å². The number of hydrogen-bond donors (Lipinski definition) is 1. The molecule has 19 heavy (non-hydrogen) atoms. The Balaban J connectivity index is 2.24. The molecule has 3 aromatic rings. The van der Waals surface area contributed by atoms with Gasteiger partial charge in [0.1, 0.15) is 17.5 Å². The number of imidazole rings is 1. The molecule has 2 heterocycles. The van der Waals surface area contributed by atoms with Crippen molar-refractivity contribution in [1.82, 2.24) is 14.5 Å². The molecule has 0 unspecified atom stereocenters. The van der Waals surface area contributed by atoms with Gasteiger partial charge < -0.3 is 5.73 Å². The van der Waals surface area contributed by atoms with Crippen molar-refractivity contribution in [3.05, 3.63) is 54.2 Å². The molecular weight excluding hydrogens is 243 g/mol. The van der Waals surface area contributed by atoms with Crippen LogP contribution in [0.2, 0.25) is 0 Å². The third-order valence-electron chi connectivity index (χ3n) is 2.94. The molecule has 5 heteroatoms. The fraction of sp³-hybridized carbons (Fsp3) is 0.143. The van der Waals surface area contributed by atoms with Gasteiger partial charge in [-0.25, -0.2) is 14.4 Å². The van der Waals surface area contributed by atoms with E-state index in [9.17, 15) is 4.39 Å². The Hall–Kier alpha value is -2.27. The minimum Gasteiger partial charge on any atom is -0.330 e. The van der Waals surface area contributed by atoms with Gasteiger partial charge in [0.2, 0.25) is 0 Å². The van der Waals surface area contributed by atoms with E-state index >= 15 is 0 Å². The largest absolute Gasteiger partial charge is 0.330 e. The third-order valence-corrected chi connectivity index (χ3v) is 2.94. The first-order valence-electron chi connectivity index (χ1n) is 6.08. The van der Waals surface area contributed by atoms with Gasteiger partial charge in [0.25, 0.3) is 0 Å². The summed E-state index contributed by atoms with van der Waals surface area (Å²) in [5, 5.41) is 0. The van der Waals surface area contributed by atoms with Crippen molar-refractivity contribution < 1.29 is 4.39 Å². The Morgan fingerprint density at radius 1 is 1.16 bits per heavy atom. The van der Waals surface area contributed by atoms with Gasteiger partial charge in [-0.2, -0.15) is 0 Å². The molecule has 0 spiro atoms. The van der Waals surface area contributed by atoms with Crippen LogP contribution in [0.3, 0.4) is 0 Å². The van der Waals surface area contributed by atoms with Crippen LogP contribution in [0.4, 0.5) is 4.39 Å². The molecule has 3 rings (SSSR count). The monoisotopic (exact) mass is 256 g/mol. The summed E-state index contributed by atoms with van der Waals surface area (Å²) in [7, 11) is 0. The van der Waals surface area contributed by atoms with Gasteiger partial charge in [0.05, 0.1) is 17.2 Å². The lowest BCUT2D eigenvalue weighted by Gasteiger charge is -2.07. The van der Waals surface area contributed by atoms with Crippen LogP contribution < -0.4 is 5.73 Å². The Kier molecular flexibility index (Phi) is 2.97. The number of halogens is 1. The number of nitrogens with zero attached hydrogens (tertiary/aromatic N) is 3. The minimum atomic E-state index is -0.353. The number of nitrogens with two attached hydrogens (primary N) is 1.